The Morgan fingerprint density at radius 3 is 2.51 bits per heavy atom. The largest absolute Gasteiger partial charge is 0.497 e. The van der Waals surface area contributed by atoms with Crippen LogP contribution >= 0.6 is 11.3 Å². The van der Waals surface area contributed by atoms with Crippen LogP contribution in [-0.4, -0.2) is 31.6 Å². The van der Waals surface area contributed by atoms with Crippen LogP contribution < -0.4 is 25.1 Å². The number of carbonyl (C=O) groups excluding carboxylic acids is 1. The number of nitrogens with one attached hydrogen (secondary N) is 1. The van der Waals surface area contributed by atoms with Gasteiger partial charge < -0.3 is 19.5 Å². The number of methoxy groups -OCH3 is 3. The van der Waals surface area contributed by atoms with Crippen molar-refractivity contribution in [3.05, 3.63) is 88.2 Å². The summed E-state index contributed by atoms with van der Waals surface area (Å²) in [4.78, 5) is 27.2. The quantitative estimate of drug-likeness (QED) is 0.345. The summed E-state index contributed by atoms with van der Waals surface area (Å²) in [5.74, 6) is 1.33. The molecule has 2 aromatic carbocycles. The second-order valence-corrected chi connectivity index (χ2v) is 8.69. The van der Waals surface area contributed by atoms with Crippen LogP contribution in [0.3, 0.4) is 0 Å². The van der Waals surface area contributed by atoms with Crippen LogP contribution in [0.4, 0.5) is 5.69 Å². The first kappa shape index (κ1) is 22.5. The molecule has 0 atom stereocenters. The van der Waals surface area contributed by atoms with Gasteiger partial charge in [-0.2, -0.15) is 0 Å². The fourth-order valence-corrected chi connectivity index (χ4v) is 5.03. The van der Waals surface area contributed by atoms with Crippen LogP contribution in [0.1, 0.15) is 10.4 Å². The average Bonchev–Trinajstić information content (AvgIpc) is 3.38. The molecule has 0 aliphatic heterocycles. The lowest BCUT2D eigenvalue weighted by Gasteiger charge is -2.14. The Hall–Kier alpha value is -4.30. The standard InChI is InChI=1S/C27H22N2O5S/c1-32-19-6-4-5-17(13-19)20-15-21(24-25-16(10-12-35-25)9-11-29(24)27(20)31)26(30)28-18-7-8-22(33-2)23(14-18)34-3/h4-15H,1-3H3,(H,28,30). The maximum atomic E-state index is 13.6. The molecule has 0 saturated carbocycles. The van der Waals surface area contributed by atoms with Gasteiger partial charge in [0.05, 0.1) is 37.1 Å². The minimum Gasteiger partial charge on any atom is -0.497 e. The van der Waals surface area contributed by atoms with Crippen molar-refractivity contribution in [3.8, 4) is 28.4 Å². The number of anilines is 1. The molecule has 0 saturated heterocycles. The molecule has 7 nitrogen and oxygen atoms in total. The van der Waals surface area contributed by atoms with Crippen molar-refractivity contribution in [3.63, 3.8) is 0 Å². The Morgan fingerprint density at radius 1 is 0.914 bits per heavy atom. The molecule has 0 radical (unpaired) electrons. The molecule has 35 heavy (non-hydrogen) atoms. The molecule has 8 heteroatoms. The van der Waals surface area contributed by atoms with Gasteiger partial charge >= 0.3 is 0 Å². The number of ether oxygens (including phenoxy) is 3. The molecule has 0 bridgehead atoms. The number of carbonyl (C=O) groups is 1. The smallest absolute Gasteiger partial charge is 0.263 e. The Morgan fingerprint density at radius 2 is 1.74 bits per heavy atom. The molecule has 0 unspecified atom stereocenters. The zero-order valence-electron chi connectivity index (χ0n) is 19.3. The maximum absolute atomic E-state index is 13.6. The number of nitrogens with zero attached hydrogens (tertiary/aromatic N) is 1. The van der Waals surface area contributed by atoms with Gasteiger partial charge in [0.1, 0.15) is 5.75 Å². The molecule has 3 heterocycles. The lowest BCUT2D eigenvalue weighted by Crippen LogP contribution is -2.21. The van der Waals surface area contributed by atoms with Crippen LogP contribution in [0.2, 0.25) is 0 Å². The highest BCUT2D eigenvalue weighted by Gasteiger charge is 2.20. The molecule has 0 fully saturated rings. The van der Waals surface area contributed by atoms with Gasteiger partial charge in [-0.25, -0.2) is 0 Å². The lowest BCUT2D eigenvalue weighted by atomic mass is 10.0. The van der Waals surface area contributed by atoms with Crippen LogP contribution in [0.5, 0.6) is 17.2 Å². The number of aromatic nitrogens is 1. The van der Waals surface area contributed by atoms with Crippen LogP contribution in [0.25, 0.3) is 26.7 Å². The number of thiophene rings is 1. The van der Waals surface area contributed by atoms with E-state index in [9.17, 15) is 9.59 Å². The molecule has 1 amide bonds. The third-order valence-electron chi connectivity index (χ3n) is 5.81. The van der Waals surface area contributed by atoms with E-state index in [0.29, 0.717) is 45.1 Å². The third-order valence-corrected chi connectivity index (χ3v) is 6.75. The summed E-state index contributed by atoms with van der Waals surface area (Å²) < 4.78 is 18.4. The Labute approximate surface area is 205 Å². The second kappa shape index (κ2) is 9.15. The van der Waals surface area contributed by atoms with E-state index in [-0.39, 0.29) is 11.5 Å². The summed E-state index contributed by atoms with van der Waals surface area (Å²) in [5, 5.41) is 5.85. The number of benzene rings is 2. The van der Waals surface area contributed by atoms with Gasteiger partial charge in [0.15, 0.2) is 11.5 Å². The molecule has 5 rings (SSSR count). The Balaban J connectivity index is 1.71. The molecule has 176 valence electrons. The molecule has 0 aliphatic rings. The minimum atomic E-state index is -0.347. The van der Waals surface area contributed by atoms with E-state index in [2.05, 4.69) is 5.32 Å². The molecule has 0 aliphatic carbocycles. The van der Waals surface area contributed by atoms with Crippen molar-refractivity contribution < 1.29 is 19.0 Å². The average molecular weight is 487 g/mol. The monoisotopic (exact) mass is 486 g/mol. The number of amides is 1. The summed E-state index contributed by atoms with van der Waals surface area (Å²) in [6.07, 6.45) is 1.71. The van der Waals surface area contributed by atoms with Crippen molar-refractivity contribution in [1.29, 1.82) is 0 Å². The highest BCUT2D eigenvalue weighted by atomic mass is 32.1. The van der Waals surface area contributed by atoms with Crippen LogP contribution in [0, 0.1) is 0 Å². The number of hydrogen-bond donors (Lipinski definition) is 1. The van der Waals surface area contributed by atoms with Gasteiger partial charge in [-0.1, -0.05) is 12.1 Å². The maximum Gasteiger partial charge on any atom is 0.263 e. The van der Waals surface area contributed by atoms with E-state index in [0.717, 1.165) is 10.1 Å². The van der Waals surface area contributed by atoms with Gasteiger partial charge in [-0.05, 0) is 58.8 Å². The first-order valence-electron chi connectivity index (χ1n) is 10.8. The zero-order chi connectivity index (χ0) is 24.5. The predicted octanol–water partition coefficient (Wildman–Crippen LogP) is 5.46. The van der Waals surface area contributed by atoms with Crippen molar-refractivity contribution in [1.82, 2.24) is 4.40 Å². The lowest BCUT2D eigenvalue weighted by molar-refractivity contribution is 0.102. The number of hydrogen-bond acceptors (Lipinski definition) is 6. The van der Waals surface area contributed by atoms with Gasteiger partial charge in [-0.3, -0.25) is 14.0 Å². The fraction of sp³-hybridized carbons (Fsp3) is 0.111. The minimum absolute atomic E-state index is 0.216. The molecular weight excluding hydrogens is 464 g/mol. The Bertz CT molecular complexity index is 1640. The summed E-state index contributed by atoms with van der Waals surface area (Å²) >= 11 is 1.49. The van der Waals surface area contributed by atoms with Gasteiger partial charge in [0, 0.05) is 23.5 Å². The summed E-state index contributed by atoms with van der Waals surface area (Å²) in [6, 6.07) is 17.9. The van der Waals surface area contributed by atoms with E-state index in [4.69, 9.17) is 14.2 Å². The first-order chi connectivity index (χ1) is 17.0. The van der Waals surface area contributed by atoms with E-state index in [1.54, 1.807) is 50.7 Å². The third kappa shape index (κ3) is 3.98. The summed E-state index contributed by atoms with van der Waals surface area (Å²) in [6.45, 7) is 0. The number of pyridine rings is 2. The van der Waals surface area contributed by atoms with Crippen molar-refractivity contribution in [2.45, 2.75) is 0 Å². The van der Waals surface area contributed by atoms with E-state index in [1.807, 2.05) is 35.7 Å². The van der Waals surface area contributed by atoms with Crippen molar-refractivity contribution in [2.75, 3.05) is 26.6 Å². The van der Waals surface area contributed by atoms with Gasteiger partial charge in [0.25, 0.3) is 11.5 Å². The van der Waals surface area contributed by atoms with Gasteiger partial charge in [-0.15, -0.1) is 11.3 Å². The predicted molar refractivity (Wildman–Crippen MR) is 139 cm³/mol. The fourth-order valence-electron chi connectivity index (χ4n) is 4.09. The van der Waals surface area contributed by atoms with Gasteiger partial charge in [0.2, 0.25) is 0 Å². The van der Waals surface area contributed by atoms with E-state index in [1.165, 1.54) is 22.8 Å². The topological polar surface area (TPSA) is 78.3 Å². The summed E-state index contributed by atoms with van der Waals surface area (Å²) in [7, 11) is 4.66. The number of fused-ring (bicyclic) bond motifs is 3. The highest BCUT2D eigenvalue weighted by Crippen LogP contribution is 2.32. The van der Waals surface area contributed by atoms with Crippen LogP contribution in [-0.2, 0) is 0 Å². The number of rotatable bonds is 6. The highest BCUT2D eigenvalue weighted by molar-refractivity contribution is 7.18. The van der Waals surface area contributed by atoms with E-state index < -0.39 is 0 Å². The zero-order valence-corrected chi connectivity index (χ0v) is 20.1. The summed E-state index contributed by atoms with van der Waals surface area (Å²) in [5.41, 5.74) is 2.33. The van der Waals surface area contributed by atoms with Crippen molar-refractivity contribution in [2.24, 2.45) is 0 Å². The first-order valence-corrected chi connectivity index (χ1v) is 11.7. The van der Waals surface area contributed by atoms with E-state index >= 15 is 0 Å². The molecule has 3 aromatic heterocycles. The second-order valence-electron chi connectivity index (χ2n) is 7.77. The molecule has 0 spiro atoms. The van der Waals surface area contributed by atoms with Crippen molar-refractivity contribution >= 4 is 38.5 Å². The molecule has 1 N–H and O–H groups in total. The molecule has 5 aromatic rings. The SMILES string of the molecule is COc1cccc(-c2cc(C(=O)Nc3ccc(OC)c(OC)c3)c3c4sccc4ccn3c2=O)c1. The Kier molecular flexibility index (Phi) is 5.88. The van der Waals surface area contributed by atoms with Crippen LogP contribution in [0.15, 0.2) is 77.0 Å². The normalized spacial score (nSPS) is 10.9. The molecular formula is C27H22N2O5S.